The van der Waals surface area contributed by atoms with Gasteiger partial charge in [0.2, 0.25) is 0 Å². The highest BCUT2D eigenvalue weighted by Crippen LogP contribution is 2.15. The molecule has 1 unspecified atom stereocenters. The van der Waals surface area contributed by atoms with E-state index in [4.69, 9.17) is 5.73 Å². The van der Waals surface area contributed by atoms with E-state index < -0.39 is 5.60 Å². The van der Waals surface area contributed by atoms with Crippen LogP contribution in [0.3, 0.4) is 0 Å². The first-order valence-corrected chi connectivity index (χ1v) is 6.16. The average molecular weight is 250 g/mol. The first-order chi connectivity index (χ1) is 8.30. The van der Waals surface area contributed by atoms with E-state index in [-0.39, 0.29) is 12.5 Å². The number of carbonyl (C=O) groups is 1. The Morgan fingerprint density at radius 3 is 2.44 bits per heavy atom. The van der Waals surface area contributed by atoms with Gasteiger partial charge in [0.25, 0.3) is 5.91 Å². The van der Waals surface area contributed by atoms with E-state index in [1.54, 1.807) is 31.2 Å². The lowest BCUT2D eigenvalue weighted by atomic mass is 9.94. The van der Waals surface area contributed by atoms with Gasteiger partial charge in [-0.15, -0.1) is 0 Å². The maximum atomic E-state index is 11.8. The molecule has 1 atom stereocenters. The van der Waals surface area contributed by atoms with Crippen molar-refractivity contribution in [2.24, 2.45) is 5.92 Å². The standard InChI is InChI=1S/C14H22N2O2/c1-10(2)8-14(3,18)9-16-13(17)11-4-6-12(15)7-5-11/h4-7,10,18H,8-9,15H2,1-3H3,(H,16,17). The van der Waals surface area contributed by atoms with Gasteiger partial charge in [0.1, 0.15) is 0 Å². The van der Waals surface area contributed by atoms with Crippen LogP contribution in [0, 0.1) is 5.92 Å². The van der Waals surface area contributed by atoms with Gasteiger partial charge in [0.15, 0.2) is 0 Å². The lowest BCUT2D eigenvalue weighted by Crippen LogP contribution is -2.41. The number of aliphatic hydroxyl groups is 1. The van der Waals surface area contributed by atoms with Crippen molar-refractivity contribution in [1.29, 1.82) is 0 Å². The van der Waals surface area contributed by atoms with Crippen LogP contribution < -0.4 is 11.1 Å². The minimum absolute atomic E-state index is 0.195. The third-order valence-corrected chi connectivity index (χ3v) is 2.65. The monoisotopic (exact) mass is 250 g/mol. The third-order valence-electron chi connectivity index (χ3n) is 2.65. The Morgan fingerprint density at radius 1 is 1.39 bits per heavy atom. The zero-order chi connectivity index (χ0) is 13.8. The number of benzene rings is 1. The highest BCUT2D eigenvalue weighted by Gasteiger charge is 2.22. The van der Waals surface area contributed by atoms with Crippen molar-refractivity contribution < 1.29 is 9.90 Å². The molecule has 0 heterocycles. The minimum Gasteiger partial charge on any atom is -0.399 e. The van der Waals surface area contributed by atoms with Gasteiger partial charge in [-0.3, -0.25) is 4.79 Å². The van der Waals surface area contributed by atoms with Crippen molar-refractivity contribution in [3.8, 4) is 0 Å². The van der Waals surface area contributed by atoms with Crippen LogP contribution in [0.15, 0.2) is 24.3 Å². The molecule has 0 radical (unpaired) electrons. The normalized spacial score (nSPS) is 14.3. The summed E-state index contributed by atoms with van der Waals surface area (Å²) in [5.41, 5.74) is 5.85. The van der Waals surface area contributed by atoms with Crippen molar-refractivity contribution in [2.45, 2.75) is 32.8 Å². The Bertz CT molecular complexity index is 397. The van der Waals surface area contributed by atoms with E-state index in [1.165, 1.54) is 0 Å². The quantitative estimate of drug-likeness (QED) is 0.697. The molecule has 0 saturated carbocycles. The number of nitrogen functional groups attached to an aromatic ring is 1. The van der Waals surface area contributed by atoms with E-state index >= 15 is 0 Å². The summed E-state index contributed by atoms with van der Waals surface area (Å²) >= 11 is 0. The summed E-state index contributed by atoms with van der Waals surface area (Å²) in [6.45, 7) is 6.05. The lowest BCUT2D eigenvalue weighted by Gasteiger charge is -2.25. The summed E-state index contributed by atoms with van der Waals surface area (Å²) in [5.74, 6) is 0.187. The molecule has 0 spiro atoms. The predicted octanol–water partition coefficient (Wildman–Crippen LogP) is 1.80. The van der Waals surface area contributed by atoms with Gasteiger partial charge in [0.05, 0.1) is 5.60 Å². The summed E-state index contributed by atoms with van der Waals surface area (Å²) in [6, 6.07) is 6.70. The zero-order valence-corrected chi connectivity index (χ0v) is 11.2. The Hall–Kier alpha value is -1.55. The molecule has 0 aliphatic heterocycles. The summed E-state index contributed by atoms with van der Waals surface area (Å²) < 4.78 is 0. The van der Waals surface area contributed by atoms with Gasteiger partial charge in [-0.25, -0.2) is 0 Å². The molecule has 4 heteroatoms. The summed E-state index contributed by atoms with van der Waals surface area (Å²) in [7, 11) is 0. The number of rotatable bonds is 5. The lowest BCUT2D eigenvalue weighted by molar-refractivity contribution is 0.0368. The fourth-order valence-electron chi connectivity index (χ4n) is 1.96. The van der Waals surface area contributed by atoms with Gasteiger partial charge < -0.3 is 16.2 Å². The molecule has 1 rings (SSSR count). The molecule has 0 saturated heterocycles. The second kappa shape index (κ2) is 5.87. The Balaban J connectivity index is 2.53. The van der Waals surface area contributed by atoms with Crippen LogP contribution in [-0.2, 0) is 0 Å². The molecule has 4 nitrogen and oxygen atoms in total. The Morgan fingerprint density at radius 2 is 1.94 bits per heavy atom. The van der Waals surface area contributed by atoms with E-state index in [9.17, 15) is 9.90 Å². The van der Waals surface area contributed by atoms with E-state index in [0.717, 1.165) is 0 Å². The topological polar surface area (TPSA) is 75.3 Å². The number of hydrogen-bond acceptors (Lipinski definition) is 3. The highest BCUT2D eigenvalue weighted by atomic mass is 16.3. The second-order valence-electron chi connectivity index (χ2n) is 5.40. The maximum absolute atomic E-state index is 11.8. The number of anilines is 1. The number of hydrogen-bond donors (Lipinski definition) is 3. The molecule has 1 amide bonds. The third kappa shape index (κ3) is 4.75. The molecule has 0 aliphatic carbocycles. The van der Waals surface area contributed by atoms with Gasteiger partial charge in [-0.1, -0.05) is 13.8 Å². The van der Waals surface area contributed by atoms with Crippen LogP contribution in [0.2, 0.25) is 0 Å². The minimum atomic E-state index is -0.877. The summed E-state index contributed by atoms with van der Waals surface area (Å²) in [5, 5.41) is 12.8. The molecule has 0 aliphatic rings. The number of nitrogens with two attached hydrogens (primary N) is 1. The predicted molar refractivity (Wildman–Crippen MR) is 73.3 cm³/mol. The SMILES string of the molecule is CC(C)CC(C)(O)CNC(=O)c1ccc(N)cc1. The summed E-state index contributed by atoms with van der Waals surface area (Å²) in [6.07, 6.45) is 0.648. The maximum Gasteiger partial charge on any atom is 0.251 e. The molecule has 0 aromatic heterocycles. The second-order valence-corrected chi connectivity index (χ2v) is 5.40. The highest BCUT2D eigenvalue weighted by molar-refractivity contribution is 5.94. The van der Waals surface area contributed by atoms with E-state index in [0.29, 0.717) is 23.6 Å². The average Bonchev–Trinajstić information content (AvgIpc) is 2.25. The molecular formula is C14H22N2O2. The largest absolute Gasteiger partial charge is 0.399 e. The molecule has 1 aromatic rings. The van der Waals surface area contributed by atoms with Crippen molar-refractivity contribution in [1.82, 2.24) is 5.32 Å². The van der Waals surface area contributed by atoms with Gasteiger partial charge >= 0.3 is 0 Å². The van der Waals surface area contributed by atoms with E-state index in [1.807, 2.05) is 13.8 Å². The number of amides is 1. The number of nitrogens with one attached hydrogen (secondary N) is 1. The van der Waals surface area contributed by atoms with Crippen LogP contribution in [-0.4, -0.2) is 23.2 Å². The molecule has 18 heavy (non-hydrogen) atoms. The molecular weight excluding hydrogens is 228 g/mol. The first kappa shape index (κ1) is 14.5. The fraction of sp³-hybridized carbons (Fsp3) is 0.500. The Kier molecular flexibility index (Phi) is 4.73. The van der Waals surface area contributed by atoms with Crippen LogP contribution in [0.4, 0.5) is 5.69 Å². The fourth-order valence-corrected chi connectivity index (χ4v) is 1.96. The molecule has 0 bridgehead atoms. The Labute approximate surface area is 108 Å². The molecule has 4 N–H and O–H groups in total. The van der Waals surface area contributed by atoms with Crippen molar-refractivity contribution in [3.05, 3.63) is 29.8 Å². The van der Waals surface area contributed by atoms with Crippen molar-refractivity contribution in [2.75, 3.05) is 12.3 Å². The molecule has 1 aromatic carbocycles. The van der Waals surface area contributed by atoms with Crippen LogP contribution in [0.25, 0.3) is 0 Å². The van der Waals surface area contributed by atoms with Crippen LogP contribution >= 0.6 is 0 Å². The van der Waals surface area contributed by atoms with Gasteiger partial charge in [-0.2, -0.15) is 0 Å². The van der Waals surface area contributed by atoms with E-state index in [2.05, 4.69) is 5.32 Å². The summed E-state index contributed by atoms with van der Waals surface area (Å²) in [4.78, 5) is 11.8. The van der Waals surface area contributed by atoms with Crippen LogP contribution in [0.5, 0.6) is 0 Å². The van der Waals surface area contributed by atoms with Gasteiger partial charge in [0, 0.05) is 17.8 Å². The smallest absolute Gasteiger partial charge is 0.251 e. The number of carbonyl (C=O) groups excluding carboxylic acids is 1. The zero-order valence-electron chi connectivity index (χ0n) is 11.2. The van der Waals surface area contributed by atoms with Crippen molar-refractivity contribution in [3.63, 3.8) is 0 Å². The first-order valence-electron chi connectivity index (χ1n) is 6.16. The molecule has 100 valence electrons. The van der Waals surface area contributed by atoms with Gasteiger partial charge in [-0.05, 0) is 43.5 Å². The van der Waals surface area contributed by atoms with Crippen LogP contribution in [0.1, 0.15) is 37.6 Å². The van der Waals surface area contributed by atoms with Crippen molar-refractivity contribution >= 4 is 11.6 Å². The molecule has 0 fully saturated rings.